The van der Waals surface area contributed by atoms with Crippen LogP contribution in [-0.2, 0) is 0 Å². The number of rotatable bonds is 2. The summed E-state index contributed by atoms with van der Waals surface area (Å²) in [5.74, 6) is 1.52. The quantitative estimate of drug-likeness (QED) is 0.713. The van der Waals surface area contributed by atoms with Crippen molar-refractivity contribution in [3.05, 3.63) is 52.0 Å². The normalized spacial score (nSPS) is 18.9. The zero-order chi connectivity index (χ0) is 18.8. The molecule has 5 nitrogen and oxygen atoms in total. The lowest BCUT2D eigenvalue weighted by atomic mass is 10.0. The smallest absolute Gasteiger partial charge is 0.322 e. The first-order chi connectivity index (χ1) is 13.1. The predicted molar refractivity (Wildman–Crippen MR) is 106 cm³/mol. The third-order valence-electron chi connectivity index (χ3n) is 4.84. The molecule has 0 aromatic heterocycles. The van der Waals surface area contributed by atoms with E-state index in [4.69, 9.17) is 32.7 Å². The number of fused-ring (bicyclic) bond motifs is 1. The molecule has 0 aliphatic carbocycles. The van der Waals surface area contributed by atoms with Crippen molar-refractivity contribution < 1.29 is 14.3 Å². The first-order valence-corrected chi connectivity index (χ1v) is 9.79. The lowest BCUT2D eigenvalue weighted by Crippen LogP contribution is -2.34. The van der Waals surface area contributed by atoms with Crippen LogP contribution in [0.15, 0.2) is 36.4 Å². The Morgan fingerprint density at radius 3 is 2.63 bits per heavy atom. The van der Waals surface area contributed by atoms with E-state index in [1.807, 2.05) is 23.1 Å². The number of hydrogen-bond donors (Lipinski definition) is 1. The summed E-state index contributed by atoms with van der Waals surface area (Å²) in [5, 5.41) is 3.78. The molecule has 0 spiro atoms. The van der Waals surface area contributed by atoms with E-state index in [9.17, 15) is 4.79 Å². The average molecular weight is 407 g/mol. The summed E-state index contributed by atoms with van der Waals surface area (Å²) in [6, 6.07) is 10.9. The maximum absolute atomic E-state index is 12.8. The van der Waals surface area contributed by atoms with Gasteiger partial charge >= 0.3 is 6.03 Å². The molecular formula is C20H20Cl2N2O3. The minimum absolute atomic E-state index is 0.00456. The van der Waals surface area contributed by atoms with Gasteiger partial charge < -0.3 is 19.7 Å². The molecule has 2 amide bonds. The Kier molecular flexibility index (Phi) is 5.32. The van der Waals surface area contributed by atoms with Crippen molar-refractivity contribution in [3.8, 4) is 11.5 Å². The molecule has 4 rings (SSSR count). The van der Waals surface area contributed by atoms with Gasteiger partial charge in [0.05, 0.1) is 29.3 Å². The Hall–Kier alpha value is -2.11. The highest BCUT2D eigenvalue weighted by Gasteiger charge is 2.31. The first kappa shape index (κ1) is 18.3. The number of anilines is 1. The van der Waals surface area contributed by atoms with Gasteiger partial charge in [-0.25, -0.2) is 4.79 Å². The zero-order valence-corrected chi connectivity index (χ0v) is 16.2. The highest BCUT2D eigenvalue weighted by atomic mass is 35.5. The Labute approximate surface area is 168 Å². The van der Waals surface area contributed by atoms with Gasteiger partial charge in [-0.15, -0.1) is 0 Å². The Bertz CT molecular complexity index is 859. The number of ether oxygens (including phenoxy) is 2. The number of halogens is 2. The van der Waals surface area contributed by atoms with Gasteiger partial charge in [-0.05, 0) is 48.7 Å². The molecule has 142 valence electrons. The second-order valence-electron chi connectivity index (χ2n) is 6.67. The van der Waals surface area contributed by atoms with E-state index in [0.29, 0.717) is 35.5 Å². The van der Waals surface area contributed by atoms with E-state index in [-0.39, 0.29) is 12.1 Å². The van der Waals surface area contributed by atoms with Crippen molar-refractivity contribution in [2.24, 2.45) is 0 Å². The van der Waals surface area contributed by atoms with Crippen LogP contribution in [-0.4, -0.2) is 30.7 Å². The van der Waals surface area contributed by atoms with Crippen LogP contribution in [0.2, 0.25) is 10.0 Å². The van der Waals surface area contributed by atoms with Crippen LogP contribution >= 0.6 is 23.2 Å². The van der Waals surface area contributed by atoms with Gasteiger partial charge in [0, 0.05) is 18.7 Å². The summed E-state index contributed by atoms with van der Waals surface area (Å²) in [6.07, 6.45) is 2.73. The fourth-order valence-electron chi connectivity index (χ4n) is 3.51. The highest BCUT2D eigenvalue weighted by molar-refractivity contribution is 6.42. The fraction of sp³-hybridized carbons (Fsp3) is 0.350. The number of benzene rings is 2. The molecular weight excluding hydrogens is 387 g/mol. The monoisotopic (exact) mass is 406 g/mol. The van der Waals surface area contributed by atoms with E-state index in [1.165, 1.54) is 0 Å². The van der Waals surface area contributed by atoms with Gasteiger partial charge in [-0.2, -0.15) is 0 Å². The number of carbonyl (C=O) groups excluding carboxylic acids is 1. The standard InChI is InChI=1S/C20H20Cl2N2O3/c21-15-6-5-14(12-16(15)22)23-20(25)24-8-1-3-17(24)13-4-7-18-19(11-13)27-10-2-9-26-18/h4-7,11-12,17H,1-3,8-10H2,(H,23,25)/t17-/m1/s1. The summed E-state index contributed by atoms with van der Waals surface area (Å²) in [4.78, 5) is 14.7. The minimum atomic E-state index is -0.150. The summed E-state index contributed by atoms with van der Waals surface area (Å²) >= 11 is 12.0. The molecule has 1 saturated heterocycles. The topological polar surface area (TPSA) is 50.8 Å². The van der Waals surface area contributed by atoms with Gasteiger partial charge in [0.25, 0.3) is 0 Å². The summed E-state index contributed by atoms with van der Waals surface area (Å²) in [5.41, 5.74) is 1.68. The fourth-order valence-corrected chi connectivity index (χ4v) is 3.81. The van der Waals surface area contributed by atoms with Gasteiger partial charge in [0.1, 0.15) is 0 Å². The van der Waals surface area contributed by atoms with Crippen molar-refractivity contribution >= 4 is 34.9 Å². The Morgan fingerprint density at radius 2 is 1.81 bits per heavy atom. The lowest BCUT2D eigenvalue weighted by Gasteiger charge is -2.26. The van der Waals surface area contributed by atoms with Gasteiger partial charge in [-0.1, -0.05) is 29.3 Å². The van der Waals surface area contributed by atoms with E-state index < -0.39 is 0 Å². The average Bonchev–Trinajstić information content (AvgIpc) is 3.04. The van der Waals surface area contributed by atoms with E-state index in [0.717, 1.165) is 36.3 Å². The SMILES string of the molecule is O=C(Nc1ccc(Cl)c(Cl)c1)N1CCC[C@@H]1c1ccc2c(c1)OCCCO2. The molecule has 0 unspecified atom stereocenters. The van der Waals surface area contributed by atoms with Crippen molar-refractivity contribution in [2.75, 3.05) is 25.1 Å². The largest absolute Gasteiger partial charge is 0.490 e. The molecule has 2 aliphatic rings. The highest BCUT2D eigenvalue weighted by Crippen LogP contribution is 2.38. The van der Waals surface area contributed by atoms with Gasteiger partial charge in [0.2, 0.25) is 0 Å². The molecule has 2 aromatic carbocycles. The number of hydrogen-bond acceptors (Lipinski definition) is 3. The van der Waals surface area contributed by atoms with Crippen LogP contribution in [0.5, 0.6) is 11.5 Å². The molecule has 2 aromatic rings. The van der Waals surface area contributed by atoms with E-state index in [2.05, 4.69) is 5.32 Å². The van der Waals surface area contributed by atoms with Crippen LogP contribution < -0.4 is 14.8 Å². The molecule has 7 heteroatoms. The number of nitrogens with one attached hydrogen (secondary N) is 1. The van der Waals surface area contributed by atoms with Crippen LogP contribution in [0.3, 0.4) is 0 Å². The third-order valence-corrected chi connectivity index (χ3v) is 5.58. The number of urea groups is 1. The molecule has 2 aliphatic heterocycles. The summed E-state index contributed by atoms with van der Waals surface area (Å²) in [7, 11) is 0. The summed E-state index contributed by atoms with van der Waals surface area (Å²) in [6.45, 7) is 2.00. The molecule has 2 heterocycles. The second-order valence-corrected chi connectivity index (χ2v) is 7.48. The Balaban J connectivity index is 1.52. The zero-order valence-electron chi connectivity index (χ0n) is 14.7. The van der Waals surface area contributed by atoms with Crippen LogP contribution in [0.25, 0.3) is 0 Å². The number of carbonyl (C=O) groups is 1. The molecule has 0 bridgehead atoms. The van der Waals surface area contributed by atoms with E-state index in [1.54, 1.807) is 18.2 Å². The van der Waals surface area contributed by atoms with Crippen molar-refractivity contribution in [1.29, 1.82) is 0 Å². The van der Waals surface area contributed by atoms with Crippen LogP contribution in [0.4, 0.5) is 10.5 Å². The van der Waals surface area contributed by atoms with E-state index >= 15 is 0 Å². The molecule has 0 saturated carbocycles. The minimum Gasteiger partial charge on any atom is -0.490 e. The summed E-state index contributed by atoms with van der Waals surface area (Å²) < 4.78 is 11.5. The third kappa shape index (κ3) is 3.94. The molecule has 1 fully saturated rings. The van der Waals surface area contributed by atoms with Crippen molar-refractivity contribution in [1.82, 2.24) is 4.90 Å². The van der Waals surface area contributed by atoms with Crippen LogP contribution in [0.1, 0.15) is 30.9 Å². The first-order valence-electron chi connectivity index (χ1n) is 9.04. The molecule has 1 N–H and O–H groups in total. The molecule has 1 atom stereocenters. The van der Waals surface area contributed by atoms with Crippen molar-refractivity contribution in [3.63, 3.8) is 0 Å². The molecule has 0 radical (unpaired) electrons. The van der Waals surface area contributed by atoms with Gasteiger partial charge in [0.15, 0.2) is 11.5 Å². The second kappa shape index (κ2) is 7.87. The number of nitrogens with zero attached hydrogens (tertiary/aromatic N) is 1. The Morgan fingerprint density at radius 1 is 1.00 bits per heavy atom. The number of amides is 2. The van der Waals surface area contributed by atoms with Crippen LogP contribution in [0, 0.1) is 0 Å². The maximum Gasteiger partial charge on any atom is 0.322 e. The number of likely N-dealkylation sites (tertiary alicyclic amines) is 1. The molecule has 27 heavy (non-hydrogen) atoms. The maximum atomic E-state index is 12.8. The van der Waals surface area contributed by atoms with Gasteiger partial charge in [-0.3, -0.25) is 0 Å². The predicted octanol–water partition coefficient (Wildman–Crippen LogP) is 5.52. The lowest BCUT2D eigenvalue weighted by molar-refractivity contribution is 0.207. The van der Waals surface area contributed by atoms with Crippen molar-refractivity contribution in [2.45, 2.75) is 25.3 Å².